The van der Waals surface area contributed by atoms with E-state index >= 15 is 0 Å². The summed E-state index contributed by atoms with van der Waals surface area (Å²) in [4.78, 5) is 0. The predicted molar refractivity (Wildman–Crippen MR) is 102 cm³/mol. The zero-order chi connectivity index (χ0) is 16.0. The van der Waals surface area contributed by atoms with Gasteiger partial charge in [-0.2, -0.15) is 0 Å². The monoisotopic (exact) mass is 503 g/mol. The van der Waals surface area contributed by atoms with E-state index < -0.39 is 5.15 Å². The van der Waals surface area contributed by atoms with Gasteiger partial charge in [-0.3, -0.25) is 0 Å². The minimum absolute atomic E-state index is 0.213. The molecule has 0 unspecified atom stereocenters. The first-order valence-corrected chi connectivity index (χ1v) is 14.6. The Labute approximate surface area is 149 Å². The van der Waals surface area contributed by atoms with Gasteiger partial charge in [-0.1, -0.05) is 0 Å². The molecule has 0 aliphatic carbocycles. The summed E-state index contributed by atoms with van der Waals surface area (Å²) in [6.45, 7) is 2.32. The molecular weight excluding hydrogens is 480 g/mol. The van der Waals surface area contributed by atoms with Gasteiger partial charge in [0, 0.05) is 0 Å². The van der Waals surface area contributed by atoms with Crippen molar-refractivity contribution < 1.29 is 19.2 Å². The Bertz CT molecular complexity index is 614. The molecule has 0 aliphatic rings. The third kappa shape index (κ3) is 3.52. The molecule has 0 nitrogen and oxygen atoms in total. The summed E-state index contributed by atoms with van der Waals surface area (Å²) in [6.07, 6.45) is 1.28. The molecule has 0 saturated heterocycles. The number of hydrogen-bond acceptors (Lipinski definition) is 0. The summed E-state index contributed by atoms with van der Waals surface area (Å²) >= 11 is 0.213. The van der Waals surface area contributed by atoms with Gasteiger partial charge in [-0.05, 0) is 0 Å². The SMILES string of the molecule is CC[CH2][Au][PH](c1ccccc1)(c1ccccc1)c1ccccc1. The van der Waals surface area contributed by atoms with Crippen LogP contribution in [0, 0.1) is 0 Å². The van der Waals surface area contributed by atoms with E-state index in [0.29, 0.717) is 0 Å². The van der Waals surface area contributed by atoms with Crippen LogP contribution < -0.4 is 15.9 Å². The van der Waals surface area contributed by atoms with E-state index in [-0.39, 0.29) is 19.2 Å². The second kappa shape index (κ2) is 8.08. The van der Waals surface area contributed by atoms with Crippen LogP contribution in [0.15, 0.2) is 91.0 Å². The van der Waals surface area contributed by atoms with Crippen molar-refractivity contribution in [1.82, 2.24) is 0 Å². The maximum atomic E-state index is 2.36. The van der Waals surface area contributed by atoms with Gasteiger partial charge in [0.05, 0.1) is 0 Å². The van der Waals surface area contributed by atoms with Gasteiger partial charge in [-0.15, -0.1) is 0 Å². The quantitative estimate of drug-likeness (QED) is 0.343. The van der Waals surface area contributed by atoms with Crippen molar-refractivity contribution in [3.8, 4) is 0 Å². The van der Waals surface area contributed by atoms with Crippen LogP contribution >= 0.6 is 5.15 Å². The van der Waals surface area contributed by atoms with Crippen LogP contribution in [0.1, 0.15) is 13.3 Å². The summed E-state index contributed by atoms with van der Waals surface area (Å²) in [5.74, 6) is 0. The van der Waals surface area contributed by atoms with Crippen molar-refractivity contribution >= 4 is 21.1 Å². The average molecular weight is 503 g/mol. The van der Waals surface area contributed by atoms with Crippen LogP contribution in [-0.4, -0.2) is 0 Å². The predicted octanol–water partition coefficient (Wildman–Crippen LogP) is 4.54. The van der Waals surface area contributed by atoms with E-state index in [1.807, 2.05) is 0 Å². The second-order valence-corrected chi connectivity index (χ2v) is 16.9. The number of hydrogen-bond donors (Lipinski definition) is 0. The molecule has 0 fully saturated rings. The van der Waals surface area contributed by atoms with Crippen molar-refractivity contribution in [3.63, 3.8) is 0 Å². The third-order valence-electron chi connectivity index (χ3n) is 3.83. The maximum absolute atomic E-state index is 2.36. The fraction of sp³-hybridized carbons (Fsp3) is 0.143. The Morgan fingerprint density at radius 3 is 1.26 bits per heavy atom. The van der Waals surface area contributed by atoms with E-state index in [2.05, 4.69) is 97.9 Å². The number of benzene rings is 3. The van der Waals surface area contributed by atoms with E-state index in [1.54, 1.807) is 15.9 Å². The summed E-state index contributed by atoms with van der Waals surface area (Å²) in [6, 6.07) is 33.8. The van der Waals surface area contributed by atoms with E-state index in [1.165, 1.54) is 11.1 Å². The molecule has 123 valence electrons. The van der Waals surface area contributed by atoms with Crippen LogP contribution in [0.4, 0.5) is 0 Å². The van der Waals surface area contributed by atoms with Crippen molar-refractivity contribution in [2.45, 2.75) is 18.0 Å². The topological polar surface area (TPSA) is 0 Å². The molecule has 0 amide bonds. The van der Waals surface area contributed by atoms with Crippen molar-refractivity contribution in [2.75, 3.05) is 0 Å². The number of rotatable bonds is 6. The summed E-state index contributed by atoms with van der Waals surface area (Å²) in [5.41, 5.74) is 0. The summed E-state index contributed by atoms with van der Waals surface area (Å²) in [7, 11) is 0. The molecule has 23 heavy (non-hydrogen) atoms. The average Bonchev–Trinajstić information content (AvgIpc) is 2.65. The van der Waals surface area contributed by atoms with Gasteiger partial charge in [-0.25, -0.2) is 0 Å². The van der Waals surface area contributed by atoms with Crippen LogP contribution in [0.5, 0.6) is 0 Å². The Balaban J connectivity index is 2.25. The van der Waals surface area contributed by atoms with Gasteiger partial charge in [0.1, 0.15) is 0 Å². The van der Waals surface area contributed by atoms with Crippen LogP contribution in [0.25, 0.3) is 0 Å². The molecule has 0 radical (unpaired) electrons. The van der Waals surface area contributed by atoms with Gasteiger partial charge < -0.3 is 0 Å². The first-order chi connectivity index (χ1) is 11.4. The molecule has 0 bridgehead atoms. The Morgan fingerprint density at radius 1 is 0.609 bits per heavy atom. The normalized spacial score (nSPS) is 12.2. The Morgan fingerprint density at radius 2 is 0.957 bits per heavy atom. The summed E-state index contributed by atoms with van der Waals surface area (Å²) in [5, 5.41) is 2.84. The van der Waals surface area contributed by atoms with Crippen molar-refractivity contribution in [1.29, 1.82) is 0 Å². The van der Waals surface area contributed by atoms with Crippen LogP contribution in [0.3, 0.4) is 0 Å². The fourth-order valence-corrected chi connectivity index (χ4v) is 17.8. The first-order valence-electron chi connectivity index (χ1n) is 8.05. The molecule has 0 aromatic heterocycles. The summed E-state index contributed by atoms with van der Waals surface area (Å²) < 4.78 is 1.37. The Kier molecular flexibility index (Phi) is 5.86. The third-order valence-corrected chi connectivity index (χ3v) is 19.3. The molecule has 2 heteroatoms. The second-order valence-electron chi connectivity index (χ2n) is 5.46. The van der Waals surface area contributed by atoms with E-state index in [9.17, 15) is 0 Å². The van der Waals surface area contributed by atoms with E-state index in [0.717, 1.165) is 0 Å². The minimum atomic E-state index is -1.85. The van der Waals surface area contributed by atoms with E-state index in [4.69, 9.17) is 0 Å². The molecule has 0 saturated carbocycles. The van der Waals surface area contributed by atoms with Gasteiger partial charge in [0.2, 0.25) is 0 Å². The molecule has 0 spiro atoms. The van der Waals surface area contributed by atoms with Crippen molar-refractivity contribution in [2.24, 2.45) is 0 Å². The zero-order valence-corrected chi connectivity index (χ0v) is 16.5. The zero-order valence-electron chi connectivity index (χ0n) is 13.4. The van der Waals surface area contributed by atoms with Gasteiger partial charge >= 0.3 is 149 Å². The molecule has 0 atom stereocenters. The molecule has 3 aromatic rings. The van der Waals surface area contributed by atoms with Gasteiger partial charge in [0.25, 0.3) is 0 Å². The first kappa shape index (κ1) is 16.7. The molecule has 3 rings (SSSR count). The fourth-order valence-electron chi connectivity index (χ4n) is 2.84. The standard InChI is InChI=1S/C18H15P.C3H7.Au/c1-4-10-16(11-5-1)19(17-12-6-2-7-13-17)18-14-8-3-9-15-18;1-3-2;/h1-15H;1,3H2,2H3;/q;;-1/p+1. The van der Waals surface area contributed by atoms with Crippen molar-refractivity contribution in [3.05, 3.63) is 91.0 Å². The molecule has 0 aliphatic heterocycles. The molecular formula is C21H23AuP. The Hall–Kier alpha value is -1.17. The van der Waals surface area contributed by atoms with Crippen LogP contribution in [-0.2, 0) is 19.2 Å². The molecule has 0 N–H and O–H groups in total. The molecule has 0 heterocycles. The molecule has 3 aromatic carbocycles. The van der Waals surface area contributed by atoms with Gasteiger partial charge in [0.15, 0.2) is 0 Å². The van der Waals surface area contributed by atoms with Crippen LogP contribution in [0.2, 0.25) is 4.64 Å².